The summed E-state index contributed by atoms with van der Waals surface area (Å²) >= 11 is 0. The first-order valence-corrected chi connectivity index (χ1v) is 5.91. The molecule has 0 aromatic carbocycles. The summed E-state index contributed by atoms with van der Waals surface area (Å²) in [7, 11) is 1.82. The van der Waals surface area contributed by atoms with Crippen LogP contribution in [0.4, 0.5) is 0 Å². The molecular weight excluding hydrogens is 220 g/mol. The molecule has 0 aromatic heterocycles. The molecule has 0 radical (unpaired) electrons. The van der Waals surface area contributed by atoms with E-state index in [9.17, 15) is 9.59 Å². The molecule has 2 amide bonds. The van der Waals surface area contributed by atoms with Crippen LogP contribution in [0.5, 0.6) is 0 Å². The van der Waals surface area contributed by atoms with Gasteiger partial charge in [0.1, 0.15) is 0 Å². The van der Waals surface area contributed by atoms with Gasteiger partial charge in [-0.1, -0.05) is 13.8 Å². The molecule has 0 aliphatic heterocycles. The van der Waals surface area contributed by atoms with E-state index in [1.165, 1.54) is 0 Å². The summed E-state index contributed by atoms with van der Waals surface area (Å²) in [6.07, 6.45) is 0.914. The molecule has 2 unspecified atom stereocenters. The summed E-state index contributed by atoms with van der Waals surface area (Å²) in [4.78, 5) is 24.7. The van der Waals surface area contributed by atoms with Gasteiger partial charge in [0, 0.05) is 12.6 Å². The molecule has 0 aliphatic rings. The van der Waals surface area contributed by atoms with Crippen molar-refractivity contribution in [2.45, 2.75) is 33.2 Å². The van der Waals surface area contributed by atoms with E-state index in [1.807, 2.05) is 25.8 Å². The SMILES string of the molecule is CCCNC(=O)CN(C)C(C)C(C)C(=O)NN. The van der Waals surface area contributed by atoms with Crippen LogP contribution < -0.4 is 16.6 Å². The lowest BCUT2D eigenvalue weighted by Crippen LogP contribution is -2.47. The molecule has 0 bridgehead atoms. The molecular formula is C11H24N4O2. The highest BCUT2D eigenvalue weighted by Gasteiger charge is 2.23. The van der Waals surface area contributed by atoms with Gasteiger partial charge in [-0.05, 0) is 20.4 Å². The highest BCUT2D eigenvalue weighted by atomic mass is 16.2. The second kappa shape index (κ2) is 8.03. The summed E-state index contributed by atoms with van der Waals surface area (Å²) in [5.41, 5.74) is 2.12. The first-order valence-electron chi connectivity index (χ1n) is 5.91. The number of hydrogen-bond acceptors (Lipinski definition) is 4. The number of nitrogens with one attached hydrogen (secondary N) is 2. The molecule has 0 saturated carbocycles. The van der Waals surface area contributed by atoms with E-state index in [-0.39, 0.29) is 30.3 Å². The Hall–Kier alpha value is -1.14. The minimum Gasteiger partial charge on any atom is -0.355 e. The Morgan fingerprint density at radius 3 is 2.41 bits per heavy atom. The molecule has 17 heavy (non-hydrogen) atoms. The minimum absolute atomic E-state index is 0.0263. The monoisotopic (exact) mass is 244 g/mol. The molecule has 0 heterocycles. The maximum absolute atomic E-state index is 11.5. The zero-order chi connectivity index (χ0) is 13.4. The van der Waals surface area contributed by atoms with Crippen molar-refractivity contribution in [2.24, 2.45) is 11.8 Å². The molecule has 0 saturated heterocycles. The largest absolute Gasteiger partial charge is 0.355 e. The van der Waals surface area contributed by atoms with Gasteiger partial charge in [0.05, 0.1) is 12.5 Å². The van der Waals surface area contributed by atoms with Gasteiger partial charge in [-0.25, -0.2) is 5.84 Å². The van der Waals surface area contributed by atoms with E-state index >= 15 is 0 Å². The van der Waals surface area contributed by atoms with Crippen molar-refractivity contribution < 1.29 is 9.59 Å². The normalized spacial score (nSPS) is 14.2. The average molecular weight is 244 g/mol. The molecule has 0 spiro atoms. The fourth-order valence-corrected chi connectivity index (χ4v) is 1.42. The van der Waals surface area contributed by atoms with Crippen molar-refractivity contribution in [1.29, 1.82) is 0 Å². The van der Waals surface area contributed by atoms with Crippen molar-refractivity contribution in [2.75, 3.05) is 20.1 Å². The number of nitrogens with two attached hydrogens (primary N) is 1. The van der Waals surface area contributed by atoms with Crippen LogP contribution in [0.15, 0.2) is 0 Å². The third kappa shape index (κ3) is 5.65. The molecule has 0 aliphatic carbocycles. The van der Waals surface area contributed by atoms with Gasteiger partial charge in [0.25, 0.3) is 0 Å². The summed E-state index contributed by atoms with van der Waals surface area (Å²) in [6.45, 7) is 6.64. The van der Waals surface area contributed by atoms with Gasteiger partial charge in [-0.3, -0.25) is 19.9 Å². The van der Waals surface area contributed by atoms with Crippen LogP contribution in [0.1, 0.15) is 27.2 Å². The van der Waals surface area contributed by atoms with Crippen LogP contribution in [-0.2, 0) is 9.59 Å². The van der Waals surface area contributed by atoms with Crippen LogP contribution in [0.2, 0.25) is 0 Å². The van der Waals surface area contributed by atoms with Crippen molar-refractivity contribution in [3.05, 3.63) is 0 Å². The van der Waals surface area contributed by atoms with Crippen molar-refractivity contribution in [1.82, 2.24) is 15.6 Å². The van der Waals surface area contributed by atoms with E-state index in [1.54, 1.807) is 6.92 Å². The summed E-state index contributed by atoms with van der Waals surface area (Å²) < 4.78 is 0. The van der Waals surface area contributed by atoms with E-state index in [2.05, 4.69) is 10.7 Å². The molecule has 2 atom stereocenters. The van der Waals surface area contributed by atoms with Crippen LogP contribution in [0, 0.1) is 5.92 Å². The molecule has 100 valence electrons. The number of rotatable bonds is 7. The predicted molar refractivity (Wildman–Crippen MR) is 66.9 cm³/mol. The number of hydrazine groups is 1. The number of carbonyl (C=O) groups excluding carboxylic acids is 2. The van der Waals surface area contributed by atoms with Crippen molar-refractivity contribution in [3.63, 3.8) is 0 Å². The fourth-order valence-electron chi connectivity index (χ4n) is 1.42. The van der Waals surface area contributed by atoms with E-state index < -0.39 is 0 Å². The number of nitrogens with zero attached hydrogens (tertiary/aromatic N) is 1. The number of likely N-dealkylation sites (N-methyl/N-ethyl adjacent to an activating group) is 1. The number of hydrogen-bond donors (Lipinski definition) is 3. The smallest absolute Gasteiger partial charge is 0.238 e. The van der Waals surface area contributed by atoms with E-state index in [0.717, 1.165) is 6.42 Å². The second-order valence-electron chi connectivity index (χ2n) is 4.30. The Labute approximate surface area is 103 Å². The molecule has 6 heteroatoms. The van der Waals surface area contributed by atoms with Crippen LogP contribution in [0.25, 0.3) is 0 Å². The lowest BCUT2D eigenvalue weighted by molar-refractivity contribution is -0.128. The summed E-state index contributed by atoms with van der Waals surface area (Å²) in [5, 5.41) is 2.79. The lowest BCUT2D eigenvalue weighted by atomic mass is 10.0. The maximum Gasteiger partial charge on any atom is 0.238 e. The van der Waals surface area contributed by atoms with Gasteiger partial charge in [-0.15, -0.1) is 0 Å². The lowest BCUT2D eigenvalue weighted by Gasteiger charge is -2.28. The van der Waals surface area contributed by atoms with Crippen LogP contribution in [-0.4, -0.2) is 42.9 Å². The first kappa shape index (κ1) is 15.9. The first-order chi connectivity index (χ1) is 7.93. The number of carbonyl (C=O) groups is 2. The summed E-state index contributed by atoms with van der Waals surface area (Å²) in [6, 6.07) is -0.0501. The topological polar surface area (TPSA) is 87.5 Å². The van der Waals surface area contributed by atoms with Crippen molar-refractivity contribution in [3.8, 4) is 0 Å². The molecule has 0 fully saturated rings. The Kier molecular flexibility index (Phi) is 7.49. The van der Waals surface area contributed by atoms with E-state index in [0.29, 0.717) is 6.54 Å². The summed E-state index contributed by atoms with van der Waals surface area (Å²) in [5.74, 6) is 4.57. The van der Waals surface area contributed by atoms with Gasteiger partial charge >= 0.3 is 0 Å². The molecule has 6 nitrogen and oxygen atoms in total. The zero-order valence-corrected chi connectivity index (χ0v) is 11.1. The highest BCUT2D eigenvalue weighted by Crippen LogP contribution is 2.08. The van der Waals surface area contributed by atoms with Gasteiger partial charge in [-0.2, -0.15) is 0 Å². The molecule has 0 rings (SSSR count). The van der Waals surface area contributed by atoms with Crippen LogP contribution >= 0.6 is 0 Å². The second-order valence-corrected chi connectivity index (χ2v) is 4.30. The zero-order valence-electron chi connectivity index (χ0n) is 11.1. The Morgan fingerprint density at radius 2 is 1.94 bits per heavy atom. The van der Waals surface area contributed by atoms with Gasteiger partial charge in [0.2, 0.25) is 11.8 Å². The maximum atomic E-state index is 11.5. The highest BCUT2D eigenvalue weighted by molar-refractivity contribution is 5.79. The fraction of sp³-hybridized carbons (Fsp3) is 0.818. The van der Waals surface area contributed by atoms with Gasteiger partial charge < -0.3 is 5.32 Å². The van der Waals surface area contributed by atoms with E-state index in [4.69, 9.17) is 5.84 Å². The van der Waals surface area contributed by atoms with Gasteiger partial charge in [0.15, 0.2) is 0 Å². The Balaban J connectivity index is 4.16. The van der Waals surface area contributed by atoms with Crippen LogP contribution in [0.3, 0.4) is 0 Å². The minimum atomic E-state index is -0.260. The average Bonchev–Trinajstić information content (AvgIpc) is 2.33. The predicted octanol–water partition coefficient (Wildman–Crippen LogP) is -0.541. The number of amides is 2. The Morgan fingerprint density at radius 1 is 1.35 bits per heavy atom. The third-order valence-corrected chi connectivity index (χ3v) is 2.94. The standard InChI is InChI=1S/C11H24N4O2/c1-5-6-13-10(16)7-15(4)9(3)8(2)11(17)14-12/h8-9H,5-7,12H2,1-4H3,(H,13,16)(H,14,17). The quantitative estimate of drug-likeness (QED) is 0.319. The molecule has 4 N–H and O–H groups in total. The molecule has 0 aromatic rings. The third-order valence-electron chi connectivity index (χ3n) is 2.94. The Bertz CT molecular complexity index is 258. The van der Waals surface area contributed by atoms with Crippen molar-refractivity contribution >= 4 is 11.8 Å².